The second kappa shape index (κ2) is 9.93. The van der Waals surface area contributed by atoms with Crippen molar-refractivity contribution >= 4 is 15.7 Å². The molecule has 0 unspecified atom stereocenters. The van der Waals surface area contributed by atoms with Crippen molar-refractivity contribution in [2.45, 2.75) is 55.8 Å². The summed E-state index contributed by atoms with van der Waals surface area (Å²) in [5.41, 5.74) is 0.918. The Morgan fingerprint density at radius 3 is 2.53 bits per heavy atom. The number of rotatable bonds is 9. The average Bonchev–Trinajstić information content (AvgIpc) is 3.29. The second-order valence-electron chi connectivity index (χ2n) is 8.71. The van der Waals surface area contributed by atoms with Gasteiger partial charge in [-0.1, -0.05) is 42.5 Å². The topological polar surface area (TPSA) is 108 Å². The third kappa shape index (κ3) is 5.37. The minimum atomic E-state index is -3.92. The quantitative estimate of drug-likeness (QED) is 0.229. The highest BCUT2D eigenvalue weighted by Crippen LogP contribution is 2.39. The van der Waals surface area contributed by atoms with Gasteiger partial charge in [-0.2, -0.15) is 4.31 Å². The van der Waals surface area contributed by atoms with E-state index in [-0.39, 0.29) is 17.1 Å². The lowest BCUT2D eigenvalue weighted by Crippen LogP contribution is -2.40. The van der Waals surface area contributed by atoms with E-state index in [1.807, 2.05) is 42.5 Å². The maximum atomic E-state index is 13.4. The lowest BCUT2D eigenvalue weighted by molar-refractivity contribution is -0.384. The van der Waals surface area contributed by atoms with Gasteiger partial charge >= 0.3 is 0 Å². The van der Waals surface area contributed by atoms with E-state index >= 15 is 0 Å². The Labute approximate surface area is 199 Å². The highest BCUT2D eigenvalue weighted by molar-refractivity contribution is 7.89. The zero-order valence-electron chi connectivity index (χ0n) is 19.1. The van der Waals surface area contributed by atoms with Crippen molar-refractivity contribution in [1.82, 2.24) is 4.31 Å². The van der Waals surface area contributed by atoms with Crippen LogP contribution in [0.3, 0.4) is 0 Å². The predicted molar refractivity (Wildman–Crippen MR) is 124 cm³/mol. The fourth-order valence-corrected chi connectivity index (χ4v) is 5.85. The molecule has 0 aliphatic carbocycles. The number of non-ortho nitro benzene ring substituents is 1. The van der Waals surface area contributed by atoms with Crippen LogP contribution in [0.15, 0.2) is 71.6 Å². The summed E-state index contributed by atoms with van der Waals surface area (Å²) in [5, 5.41) is 10.9. The van der Waals surface area contributed by atoms with Crippen LogP contribution < -0.4 is 0 Å². The molecule has 0 saturated carbocycles. The first-order valence-electron chi connectivity index (χ1n) is 11.1. The van der Waals surface area contributed by atoms with Gasteiger partial charge in [-0.15, -0.1) is 0 Å². The summed E-state index contributed by atoms with van der Waals surface area (Å²) in [6, 6.07) is 14.2. The molecule has 182 valence electrons. The molecule has 0 bridgehead atoms. The Morgan fingerprint density at radius 2 is 1.85 bits per heavy atom. The molecule has 2 aromatic carbocycles. The molecule has 2 fully saturated rings. The van der Waals surface area contributed by atoms with E-state index in [0.717, 1.165) is 5.56 Å². The Hall–Kier alpha value is -2.63. The van der Waals surface area contributed by atoms with E-state index in [4.69, 9.17) is 14.2 Å². The molecule has 0 radical (unpaired) electrons. The highest BCUT2D eigenvalue weighted by atomic mass is 32.2. The molecule has 0 N–H and O–H groups in total. The summed E-state index contributed by atoms with van der Waals surface area (Å²) in [6.07, 6.45) is 3.46. The zero-order valence-corrected chi connectivity index (χ0v) is 19.9. The molecule has 9 nitrogen and oxygen atoms in total. The number of sulfonamides is 1. The van der Waals surface area contributed by atoms with Crippen LogP contribution in [0.1, 0.15) is 25.8 Å². The molecule has 0 amide bonds. The summed E-state index contributed by atoms with van der Waals surface area (Å²) in [5.74, 6) is -0.802. The summed E-state index contributed by atoms with van der Waals surface area (Å²) in [4.78, 5) is 10.4. The number of nitro groups is 1. The second-order valence-corrected chi connectivity index (χ2v) is 10.6. The third-order valence-electron chi connectivity index (χ3n) is 5.78. The van der Waals surface area contributed by atoms with E-state index in [1.165, 1.54) is 28.6 Å². The van der Waals surface area contributed by atoms with Gasteiger partial charge in [0, 0.05) is 18.7 Å². The summed E-state index contributed by atoms with van der Waals surface area (Å²) >= 11 is 0. The van der Waals surface area contributed by atoms with Crippen LogP contribution in [0.5, 0.6) is 0 Å². The molecule has 2 aliphatic heterocycles. The van der Waals surface area contributed by atoms with Gasteiger partial charge in [-0.05, 0) is 38.0 Å². The maximum absolute atomic E-state index is 13.4. The van der Waals surface area contributed by atoms with E-state index in [1.54, 1.807) is 13.8 Å². The predicted octanol–water partition coefficient (Wildman–Crippen LogP) is 3.65. The lowest BCUT2D eigenvalue weighted by Gasteiger charge is -2.27. The molecule has 34 heavy (non-hydrogen) atoms. The molecule has 2 aliphatic rings. The SMILES string of the molecule is CC1(C)O[C@@H]2[C@@H](CN(S(=O)(=O)c3ccc([N+](=O)[O-])cc3)[C@H]2/C=C/CCOCc2ccccc2)O1. The first kappa shape index (κ1) is 24.5. The monoisotopic (exact) mass is 488 g/mol. The number of ether oxygens (including phenoxy) is 3. The fourth-order valence-electron chi connectivity index (χ4n) is 4.25. The number of nitrogens with zero attached hydrogens (tertiary/aromatic N) is 2. The first-order chi connectivity index (χ1) is 16.2. The molecule has 10 heteroatoms. The number of benzene rings is 2. The summed E-state index contributed by atoms with van der Waals surface area (Å²) in [6.45, 7) is 4.74. The van der Waals surface area contributed by atoms with E-state index < -0.39 is 39.0 Å². The number of fused-ring (bicyclic) bond motifs is 1. The number of hydrogen-bond donors (Lipinski definition) is 0. The molecule has 3 atom stereocenters. The molecule has 2 aromatic rings. The smallest absolute Gasteiger partial charge is 0.269 e. The Morgan fingerprint density at radius 1 is 1.15 bits per heavy atom. The van der Waals surface area contributed by atoms with Crippen molar-refractivity contribution in [3.63, 3.8) is 0 Å². The van der Waals surface area contributed by atoms with E-state index in [9.17, 15) is 18.5 Å². The van der Waals surface area contributed by atoms with Crippen LogP contribution in [-0.2, 0) is 30.8 Å². The van der Waals surface area contributed by atoms with E-state index in [2.05, 4.69) is 0 Å². The molecule has 0 aromatic heterocycles. The van der Waals surface area contributed by atoms with Crippen molar-refractivity contribution in [3.05, 3.63) is 82.4 Å². The van der Waals surface area contributed by atoms with Crippen molar-refractivity contribution < 1.29 is 27.6 Å². The van der Waals surface area contributed by atoms with Crippen LogP contribution in [-0.4, -0.2) is 54.8 Å². The highest BCUT2D eigenvalue weighted by Gasteiger charge is 2.54. The maximum Gasteiger partial charge on any atom is 0.269 e. The fraction of sp³-hybridized carbons (Fsp3) is 0.417. The Balaban J connectivity index is 1.46. The third-order valence-corrected chi connectivity index (χ3v) is 7.66. The van der Waals surface area contributed by atoms with Gasteiger partial charge in [0.05, 0.1) is 29.1 Å². The van der Waals surface area contributed by atoms with E-state index in [0.29, 0.717) is 19.6 Å². The largest absolute Gasteiger partial charge is 0.376 e. The van der Waals surface area contributed by atoms with Crippen LogP contribution in [0.2, 0.25) is 0 Å². The van der Waals surface area contributed by atoms with Crippen molar-refractivity contribution in [1.29, 1.82) is 0 Å². The molecular weight excluding hydrogens is 460 g/mol. The average molecular weight is 489 g/mol. The molecular formula is C24H28N2O7S. The normalized spacial score (nSPS) is 24.5. The molecule has 2 saturated heterocycles. The van der Waals surface area contributed by atoms with Gasteiger partial charge in [-0.3, -0.25) is 10.1 Å². The Kier molecular flexibility index (Phi) is 7.15. The number of hydrogen-bond acceptors (Lipinski definition) is 7. The molecule has 4 rings (SSSR count). The molecule has 0 spiro atoms. The minimum Gasteiger partial charge on any atom is -0.376 e. The van der Waals surface area contributed by atoms with Gasteiger partial charge in [0.2, 0.25) is 10.0 Å². The van der Waals surface area contributed by atoms with Crippen molar-refractivity contribution in [2.75, 3.05) is 13.2 Å². The van der Waals surface area contributed by atoms with Crippen LogP contribution in [0.25, 0.3) is 0 Å². The Bertz CT molecular complexity index is 1130. The van der Waals surface area contributed by atoms with Crippen LogP contribution in [0, 0.1) is 10.1 Å². The van der Waals surface area contributed by atoms with Gasteiger partial charge < -0.3 is 14.2 Å². The standard InChI is InChI=1S/C24H28N2O7S/c1-24(2)32-22-16-25(34(29,30)20-13-11-19(12-14-20)26(27)28)21(23(22)33-24)10-6-7-15-31-17-18-8-4-3-5-9-18/h3-6,8-14,21-23H,7,15-17H2,1-2H3/b10-6+/t21-,22+,23-/m0/s1. The summed E-state index contributed by atoms with van der Waals surface area (Å²) < 4.78 is 45.8. The minimum absolute atomic E-state index is 0.0121. The zero-order chi connectivity index (χ0) is 24.3. The van der Waals surface area contributed by atoms with Crippen molar-refractivity contribution in [3.8, 4) is 0 Å². The summed E-state index contributed by atoms with van der Waals surface area (Å²) in [7, 11) is -3.92. The van der Waals surface area contributed by atoms with Crippen LogP contribution in [0.4, 0.5) is 5.69 Å². The lowest BCUT2D eigenvalue weighted by atomic mass is 10.1. The van der Waals surface area contributed by atoms with Crippen molar-refractivity contribution in [2.24, 2.45) is 0 Å². The van der Waals surface area contributed by atoms with Crippen LogP contribution >= 0.6 is 0 Å². The van der Waals surface area contributed by atoms with Gasteiger partial charge in [0.25, 0.3) is 5.69 Å². The first-order valence-corrected chi connectivity index (χ1v) is 12.5. The number of nitro benzene ring substituents is 1. The van der Waals surface area contributed by atoms with Gasteiger partial charge in [0.15, 0.2) is 5.79 Å². The van der Waals surface area contributed by atoms with Gasteiger partial charge in [0.1, 0.15) is 12.2 Å². The van der Waals surface area contributed by atoms with Gasteiger partial charge in [-0.25, -0.2) is 8.42 Å². The molecule has 2 heterocycles.